The number of benzene rings is 3. The molecule has 3 aromatic rings. The predicted molar refractivity (Wildman–Crippen MR) is 124 cm³/mol. The van der Waals surface area contributed by atoms with Crippen LogP contribution in [0.3, 0.4) is 0 Å². The van der Waals surface area contributed by atoms with Gasteiger partial charge >= 0.3 is 0 Å². The van der Waals surface area contributed by atoms with E-state index in [1.54, 1.807) is 18.3 Å². The molecule has 3 rings (SSSR count). The molecule has 0 aromatic heterocycles. The number of para-hydroxylation sites is 1. The van der Waals surface area contributed by atoms with Crippen molar-refractivity contribution >= 4 is 64.0 Å². The molecule has 0 fully saturated rings. The first-order valence-electron chi connectivity index (χ1n) is 8.59. The zero-order valence-corrected chi connectivity index (χ0v) is 18.2. The molecular formula is C21H17Cl3N3OS+. The van der Waals surface area contributed by atoms with Gasteiger partial charge in [0.05, 0.1) is 10.0 Å². The summed E-state index contributed by atoms with van der Waals surface area (Å²) in [5.74, 6) is 0.684. The van der Waals surface area contributed by atoms with E-state index in [1.165, 1.54) is 0 Å². The van der Waals surface area contributed by atoms with Crippen molar-refractivity contribution in [1.82, 2.24) is 5.43 Å². The number of thiocarbonyl (C=S) groups is 1. The Morgan fingerprint density at radius 3 is 2.34 bits per heavy atom. The molecule has 0 aliphatic carbocycles. The highest BCUT2D eigenvalue weighted by molar-refractivity contribution is 7.80. The number of hydrazone groups is 1. The van der Waals surface area contributed by atoms with Gasteiger partial charge in [-0.15, -0.1) is 10.5 Å². The molecule has 148 valence electrons. The molecular weight excluding hydrogens is 449 g/mol. The third-order valence-electron chi connectivity index (χ3n) is 3.86. The van der Waals surface area contributed by atoms with Crippen LogP contribution < -0.4 is 20.6 Å². The van der Waals surface area contributed by atoms with Gasteiger partial charge in [0.1, 0.15) is 12.4 Å². The molecule has 0 amide bonds. The lowest BCUT2D eigenvalue weighted by Crippen LogP contribution is -2.82. The van der Waals surface area contributed by atoms with E-state index < -0.39 is 0 Å². The Kier molecular flexibility index (Phi) is 7.72. The van der Waals surface area contributed by atoms with Crippen LogP contribution in [0, 0.1) is 0 Å². The van der Waals surface area contributed by atoms with Gasteiger partial charge in [0.2, 0.25) is 5.11 Å². The first-order valence-corrected chi connectivity index (χ1v) is 10.1. The fourth-order valence-electron chi connectivity index (χ4n) is 2.39. The van der Waals surface area contributed by atoms with Gasteiger partial charge in [0, 0.05) is 21.8 Å². The Balaban J connectivity index is 1.52. The highest BCUT2D eigenvalue weighted by Crippen LogP contribution is 2.32. The van der Waals surface area contributed by atoms with Crippen molar-refractivity contribution in [3.63, 3.8) is 0 Å². The number of ether oxygens (including phenoxy) is 1. The van der Waals surface area contributed by atoms with Crippen molar-refractivity contribution in [3.05, 3.63) is 92.9 Å². The van der Waals surface area contributed by atoms with Crippen LogP contribution in [-0.4, -0.2) is 11.3 Å². The number of halogens is 3. The molecule has 0 saturated carbocycles. The quantitative estimate of drug-likeness (QED) is 0.215. The lowest BCUT2D eigenvalue weighted by molar-refractivity contribution is -0.499. The molecule has 3 N–H and O–H groups in total. The van der Waals surface area contributed by atoms with Crippen LogP contribution in [0.15, 0.2) is 66.7 Å². The Labute approximate surface area is 189 Å². The molecule has 0 heterocycles. The van der Waals surface area contributed by atoms with E-state index in [2.05, 4.69) is 15.8 Å². The van der Waals surface area contributed by atoms with E-state index in [9.17, 15) is 0 Å². The Morgan fingerprint density at radius 2 is 1.62 bits per heavy atom. The van der Waals surface area contributed by atoms with Gasteiger partial charge in [-0.3, -0.25) is 0 Å². The minimum absolute atomic E-state index is 0.223. The van der Waals surface area contributed by atoms with Crippen molar-refractivity contribution in [1.29, 1.82) is 0 Å². The number of rotatable bonds is 6. The molecule has 29 heavy (non-hydrogen) atoms. The van der Waals surface area contributed by atoms with Crippen LogP contribution in [0.4, 0.5) is 5.69 Å². The van der Waals surface area contributed by atoms with E-state index in [0.717, 1.165) is 11.3 Å². The zero-order valence-electron chi connectivity index (χ0n) is 15.1. The number of nitrogens with one attached hydrogen (secondary N) is 3. The maximum Gasteiger partial charge on any atom is 0.228 e. The summed E-state index contributed by atoms with van der Waals surface area (Å²) in [5, 5.41) is 7.84. The molecule has 0 unspecified atom stereocenters. The van der Waals surface area contributed by atoms with E-state index in [0.29, 0.717) is 31.5 Å². The van der Waals surface area contributed by atoms with Gasteiger partial charge in [-0.2, -0.15) is 0 Å². The van der Waals surface area contributed by atoms with Crippen LogP contribution >= 0.6 is 47.0 Å². The maximum atomic E-state index is 6.19. The smallest absolute Gasteiger partial charge is 0.228 e. The van der Waals surface area contributed by atoms with Crippen molar-refractivity contribution in [3.8, 4) is 5.75 Å². The average Bonchev–Trinajstić information content (AvgIpc) is 2.73. The molecule has 0 radical (unpaired) electrons. The number of hydrazine groups is 1. The molecule has 0 aliphatic heterocycles. The second-order valence-corrected chi connectivity index (χ2v) is 7.51. The third kappa shape index (κ3) is 6.34. The summed E-state index contributed by atoms with van der Waals surface area (Å²) in [6.45, 7) is 0.223. The summed E-state index contributed by atoms with van der Waals surface area (Å²) < 4.78 is 5.76. The standard InChI is InChI=1S/C21H16Cl3N3OS/c22-18-10-11-19(23)20(24)17(18)13-28-16-8-6-14(7-9-16)12-25-27-21(29)26-15-4-2-1-3-5-15/h1-12H,13H2,(H2,26,27,29)/p+1. The van der Waals surface area contributed by atoms with E-state index in [1.807, 2.05) is 54.6 Å². The van der Waals surface area contributed by atoms with Gasteiger partial charge in [0.25, 0.3) is 0 Å². The summed E-state index contributed by atoms with van der Waals surface area (Å²) in [4.78, 5) is 0. The Hall–Kier alpha value is -2.31. The third-order valence-corrected chi connectivity index (χ3v) is 5.26. The fraction of sp³-hybridized carbons (Fsp3) is 0.0476. The van der Waals surface area contributed by atoms with Crippen LogP contribution in [0.5, 0.6) is 5.75 Å². The van der Waals surface area contributed by atoms with Crippen LogP contribution in [0.2, 0.25) is 15.1 Å². The van der Waals surface area contributed by atoms with Gasteiger partial charge in [-0.1, -0.05) is 53.0 Å². The molecule has 0 spiro atoms. The largest absolute Gasteiger partial charge is 0.489 e. The molecule has 0 atom stereocenters. The van der Waals surface area contributed by atoms with Crippen molar-refractivity contribution in [2.24, 2.45) is 0 Å². The van der Waals surface area contributed by atoms with Crippen LogP contribution in [-0.2, 0) is 6.61 Å². The highest BCUT2D eigenvalue weighted by atomic mass is 35.5. The second kappa shape index (κ2) is 10.5. The SMILES string of the molecule is S=C(N[NH+]=Cc1ccc(OCc2c(Cl)ccc(Cl)c2Cl)cc1)Nc1ccccc1. The number of anilines is 1. The van der Waals surface area contributed by atoms with Gasteiger partial charge < -0.3 is 10.1 Å². The second-order valence-electron chi connectivity index (χ2n) is 5.91. The predicted octanol–water partition coefficient (Wildman–Crippen LogP) is 4.63. The topological polar surface area (TPSA) is 47.3 Å². The Bertz CT molecular complexity index is 1010. The average molecular weight is 466 g/mol. The fourth-order valence-corrected chi connectivity index (χ4v) is 3.22. The summed E-state index contributed by atoms with van der Waals surface area (Å²) in [7, 11) is 0. The number of hydrogen-bond donors (Lipinski definition) is 3. The van der Waals surface area contributed by atoms with E-state index >= 15 is 0 Å². The number of hydrogen-bond acceptors (Lipinski definition) is 2. The van der Waals surface area contributed by atoms with Gasteiger partial charge in [-0.05, 0) is 60.7 Å². The van der Waals surface area contributed by atoms with Crippen LogP contribution in [0.25, 0.3) is 0 Å². The molecule has 3 aromatic carbocycles. The maximum absolute atomic E-state index is 6.19. The van der Waals surface area contributed by atoms with Crippen molar-refractivity contribution < 1.29 is 9.84 Å². The zero-order chi connectivity index (χ0) is 20.6. The van der Waals surface area contributed by atoms with Gasteiger partial charge in [0.15, 0.2) is 6.21 Å². The summed E-state index contributed by atoms with van der Waals surface area (Å²) in [6, 6.07) is 20.5. The lowest BCUT2D eigenvalue weighted by Gasteiger charge is -2.10. The normalized spacial score (nSPS) is 10.7. The summed E-state index contributed by atoms with van der Waals surface area (Å²) in [5.41, 5.74) is 5.40. The summed E-state index contributed by atoms with van der Waals surface area (Å²) >= 11 is 23.6. The van der Waals surface area contributed by atoms with E-state index in [-0.39, 0.29) is 6.61 Å². The lowest BCUT2D eigenvalue weighted by atomic mass is 10.2. The molecule has 0 saturated heterocycles. The molecule has 4 nitrogen and oxygen atoms in total. The van der Waals surface area contributed by atoms with Crippen molar-refractivity contribution in [2.75, 3.05) is 5.32 Å². The van der Waals surface area contributed by atoms with Gasteiger partial charge in [-0.25, -0.2) is 0 Å². The first-order chi connectivity index (χ1) is 14.0. The molecule has 0 aliphatic rings. The minimum Gasteiger partial charge on any atom is -0.489 e. The summed E-state index contributed by atoms with van der Waals surface area (Å²) in [6.07, 6.45) is 1.79. The van der Waals surface area contributed by atoms with Crippen molar-refractivity contribution in [2.45, 2.75) is 6.61 Å². The monoisotopic (exact) mass is 464 g/mol. The molecule has 0 bridgehead atoms. The Morgan fingerprint density at radius 1 is 0.931 bits per heavy atom. The highest BCUT2D eigenvalue weighted by Gasteiger charge is 2.10. The first kappa shape index (κ1) is 21.4. The van der Waals surface area contributed by atoms with E-state index in [4.69, 9.17) is 51.8 Å². The minimum atomic E-state index is 0.223. The molecule has 8 heteroatoms. The van der Waals surface area contributed by atoms with Crippen LogP contribution in [0.1, 0.15) is 11.1 Å².